The Morgan fingerprint density at radius 2 is 1.57 bits per heavy atom. The van der Waals surface area contributed by atoms with Gasteiger partial charge in [-0.2, -0.15) is 0 Å². The molecule has 0 heterocycles. The largest absolute Gasteiger partial charge is 0.481 e. The van der Waals surface area contributed by atoms with E-state index in [1.165, 1.54) is 12.1 Å². The fraction of sp³-hybridized carbons (Fsp3) is 0.174. The molecule has 1 unspecified atom stereocenters. The summed E-state index contributed by atoms with van der Waals surface area (Å²) in [5.74, 6) is 0.321. The fourth-order valence-corrected chi connectivity index (χ4v) is 3.77. The molecule has 0 spiro atoms. The van der Waals surface area contributed by atoms with E-state index < -0.39 is 16.1 Å². The van der Waals surface area contributed by atoms with Gasteiger partial charge in [0, 0.05) is 12.2 Å². The van der Waals surface area contributed by atoms with Crippen molar-refractivity contribution in [3.05, 3.63) is 90.0 Å². The predicted molar refractivity (Wildman–Crippen MR) is 117 cm³/mol. The van der Waals surface area contributed by atoms with E-state index in [1.54, 1.807) is 25.1 Å². The van der Waals surface area contributed by atoms with Gasteiger partial charge in [0.25, 0.3) is 5.91 Å². The van der Waals surface area contributed by atoms with Crippen LogP contribution in [0.25, 0.3) is 0 Å². The third-order valence-electron chi connectivity index (χ3n) is 4.51. The van der Waals surface area contributed by atoms with Gasteiger partial charge in [0.05, 0.1) is 4.90 Å². The average molecular weight is 425 g/mol. The highest BCUT2D eigenvalue weighted by Gasteiger charge is 2.17. The molecule has 6 nitrogen and oxygen atoms in total. The number of nitrogens with one attached hydrogen (secondary N) is 2. The summed E-state index contributed by atoms with van der Waals surface area (Å²) in [6.07, 6.45) is -0.706. The van der Waals surface area contributed by atoms with Gasteiger partial charge in [-0.05, 0) is 55.3 Å². The van der Waals surface area contributed by atoms with E-state index in [2.05, 4.69) is 10.0 Å². The summed E-state index contributed by atoms with van der Waals surface area (Å²) in [5.41, 5.74) is 2.30. The molecule has 0 bridgehead atoms. The van der Waals surface area contributed by atoms with Crippen LogP contribution in [0.15, 0.2) is 83.8 Å². The number of sulfonamides is 1. The first kappa shape index (κ1) is 21.5. The highest BCUT2D eigenvalue weighted by Crippen LogP contribution is 2.19. The summed E-state index contributed by atoms with van der Waals surface area (Å²) in [5, 5.41) is 2.74. The minimum atomic E-state index is -3.65. The molecule has 1 atom stereocenters. The minimum Gasteiger partial charge on any atom is -0.481 e. The molecule has 0 aliphatic carbocycles. The van der Waals surface area contributed by atoms with E-state index >= 15 is 0 Å². The number of carbonyl (C=O) groups excluding carboxylic acids is 1. The van der Waals surface area contributed by atoms with Crippen LogP contribution in [0.2, 0.25) is 0 Å². The van der Waals surface area contributed by atoms with E-state index in [1.807, 2.05) is 55.5 Å². The third kappa shape index (κ3) is 5.68. The molecule has 0 aromatic heterocycles. The Morgan fingerprint density at radius 1 is 0.933 bits per heavy atom. The maximum Gasteiger partial charge on any atom is 0.265 e. The standard InChI is InChI=1S/C23H24N2O4S/c1-17-8-6-7-11-22(17)29-18(2)23(26)25-20-12-14-21(15-13-20)30(27,28)24-16-19-9-4-3-5-10-19/h3-15,18,24H,16H2,1-2H3,(H,25,26). The number of amides is 1. The number of anilines is 1. The van der Waals surface area contributed by atoms with Crippen molar-refractivity contribution in [2.45, 2.75) is 31.4 Å². The number of hydrogen-bond donors (Lipinski definition) is 2. The van der Waals surface area contributed by atoms with Crippen molar-refractivity contribution >= 4 is 21.6 Å². The van der Waals surface area contributed by atoms with Crippen LogP contribution in [0.1, 0.15) is 18.1 Å². The van der Waals surface area contributed by atoms with Crippen LogP contribution in [0, 0.1) is 6.92 Å². The monoisotopic (exact) mass is 424 g/mol. The molecular formula is C23H24N2O4S. The van der Waals surface area contributed by atoms with Gasteiger partial charge in [-0.25, -0.2) is 13.1 Å². The first-order chi connectivity index (χ1) is 14.3. The van der Waals surface area contributed by atoms with Gasteiger partial charge < -0.3 is 10.1 Å². The lowest BCUT2D eigenvalue weighted by Crippen LogP contribution is -2.30. The molecule has 0 radical (unpaired) electrons. The number of benzene rings is 3. The molecule has 7 heteroatoms. The normalized spacial score (nSPS) is 12.2. The first-order valence-electron chi connectivity index (χ1n) is 9.52. The Bertz CT molecular complexity index is 1100. The van der Waals surface area contributed by atoms with Crippen molar-refractivity contribution in [2.75, 3.05) is 5.32 Å². The van der Waals surface area contributed by atoms with Crippen molar-refractivity contribution < 1.29 is 17.9 Å². The van der Waals surface area contributed by atoms with Crippen LogP contribution in [0.3, 0.4) is 0 Å². The molecule has 2 N–H and O–H groups in total. The Morgan fingerprint density at radius 3 is 2.23 bits per heavy atom. The van der Waals surface area contributed by atoms with Crippen molar-refractivity contribution in [3.8, 4) is 5.75 Å². The lowest BCUT2D eigenvalue weighted by Gasteiger charge is -2.16. The van der Waals surface area contributed by atoms with Gasteiger partial charge in [-0.1, -0.05) is 48.5 Å². The molecule has 3 rings (SSSR count). The number of rotatable bonds is 8. The smallest absolute Gasteiger partial charge is 0.265 e. The third-order valence-corrected chi connectivity index (χ3v) is 5.93. The summed E-state index contributed by atoms with van der Waals surface area (Å²) < 4.78 is 33.2. The van der Waals surface area contributed by atoms with Crippen molar-refractivity contribution in [3.63, 3.8) is 0 Å². The molecule has 0 fully saturated rings. The van der Waals surface area contributed by atoms with E-state index in [-0.39, 0.29) is 17.3 Å². The molecule has 0 aliphatic rings. The van der Waals surface area contributed by atoms with Gasteiger partial charge >= 0.3 is 0 Å². The number of aryl methyl sites for hydroxylation is 1. The van der Waals surface area contributed by atoms with Crippen molar-refractivity contribution in [1.82, 2.24) is 4.72 Å². The van der Waals surface area contributed by atoms with Crippen LogP contribution < -0.4 is 14.8 Å². The molecule has 156 valence electrons. The van der Waals surface area contributed by atoms with E-state index in [0.29, 0.717) is 11.4 Å². The van der Waals surface area contributed by atoms with Gasteiger partial charge in [0.2, 0.25) is 10.0 Å². The van der Waals surface area contributed by atoms with Gasteiger partial charge in [-0.3, -0.25) is 4.79 Å². The second-order valence-electron chi connectivity index (χ2n) is 6.85. The van der Waals surface area contributed by atoms with E-state index in [4.69, 9.17) is 4.74 Å². The number of carbonyl (C=O) groups is 1. The van der Waals surface area contributed by atoms with Crippen LogP contribution in [0.5, 0.6) is 5.75 Å². The first-order valence-corrected chi connectivity index (χ1v) is 11.0. The van der Waals surface area contributed by atoms with Crippen LogP contribution in [-0.2, 0) is 21.4 Å². The number of hydrogen-bond acceptors (Lipinski definition) is 4. The molecule has 3 aromatic carbocycles. The Hall–Kier alpha value is -3.16. The van der Waals surface area contributed by atoms with Crippen LogP contribution in [0.4, 0.5) is 5.69 Å². The molecular weight excluding hydrogens is 400 g/mol. The topological polar surface area (TPSA) is 84.5 Å². The summed E-state index contributed by atoms with van der Waals surface area (Å²) in [7, 11) is -3.65. The van der Waals surface area contributed by atoms with Gasteiger partial charge in [0.1, 0.15) is 5.75 Å². The SMILES string of the molecule is Cc1ccccc1OC(C)C(=O)Nc1ccc(S(=O)(=O)NCc2ccccc2)cc1. The minimum absolute atomic E-state index is 0.126. The average Bonchev–Trinajstić information content (AvgIpc) is 2.75. The Balaban J connectivity index is 1.59. The predicted octanol–water partition coefficient (Wildman–Crippen LogP) is 3.88. The molecule has 0 saturated carbocycles. The summed E-state index contributed by atoms with van der Waals surface area (Å²) in [6.45, 7) is 3.77. The zero-order valence-corrected chi connectivity index (χ0v) is 17.6. The second kappa shape index (κ2) is 9.56. The van der Waals surface area contributed by atoms with Crippen molar-refractivity contribution in [2.24, 2.45) is 0 Å². The lowest BCUT2D eigenvalue weighted by molar-refractivity contribution is -0.122. The maximum atomic E-state index is 12.5. The fourth-order valence-electron chi connectivity index (χ4n) is 2.75. The van der Waals surface area contributed by atoms with Crippen LogP contribution in [-0.4, -0.2) is 20.4 Å². The van der Waals surface area contributed by atoms with E-state index in [9.17, 15) is 13.2 Å². The van der Waals surface area contributed by atoms with Crippen molar-refractivity contribution in [1.29, 1.82) is 0 Å². The highest BCUT2D eigenvalue weighted by atomic mass is 32.2. The number of para-hydroxylation sites is 1. The molecule has 30 heavy (non-hydrogen) atoms. The van der Waals surface area contributed by atoms with E-state index in [0.717, 1.165) is 11.1 Å². The molecule has 0 saturated heterocycles. The summed E-state index contributed by atoms with van der Waals surface area (Å²) >= 11 is 0. The quantitative estimate of drug-likeness (QED) is 0.575. The number of ether oxygens (including phenoxy) is 1. The summed E-state index contributed by atoms with van der Waals surface area (Å²) in [4.78, 5) is 12.5. The van der Waals surface area contributed by atoms with Crippen LogP contribution >= 0.6 is 0 Å². The zero-order chi connectivity index (χ0) is 21.6. The molecule has 0 aliphatic heterocycles. The Kier molecular flexibility index (Phi) is 6.87. The maximum absolute atomic E-state index is 12.5. The van der Waals surface area contributed by atoms with Gasteiger partial charge in [-0.15, -0.1) is 0 Å². The molecule has 3 aromatic rings. The molecule has 1 amide bonds. The highest BCUT2D eigenvalue weighted by molar-refractivity contribution is 7.89. The lowest BCUT2D eigenvalue weighted by atomic mass is 10.2. The zero-order valence-electron chi connectivity index (χ0n) is 16.8. The Labute approximate surface area is 177 Å². The summed E-state index contributed by atoms with van der Waals surface area (Å²) in [6, 6.07) is 22.7. The van der Waals surface area contributed by atoms with Gasteiger partial charge in [0.15, 0.2) is 6.10 Å². The second-order valence-corrected chi connectivity index (χ2v) is 8.62.